The molecule has 0 bridgehead atoms. The summed E-state index contributed by atoms with van der Waals surface area (Å²) in [4.78, 5) is 36.7. The first-order valence-corrected chi connectivity index (χ1v) is 10.6. The first-order valence-electron chi connectivity index (χ1n) is 10.6. The summed E-state index contributed by atoms with van der Waals surface area (Å²) in [5.41, 5.74) is 5.64. The number of nitrogens with one attached hydrogen (secondary N) is 1. The van der Waals surface area contributed by atoms with Crippen LogP contribution in [-0.2, 0) is 19.5 Å². The smallest absolute Gasteiger partial charge is 0.274 e. The Morgan fingerprint density at radius 3 is 2.72 bits per heavy atom. The van der Waals surface area contributed by atoms with Crippen LogP contribution in [0.5, 0.6) is 0 Å². The van der Waals surface area contributed by atoms with Crippen molar-refractivity contribution >= 4 is 22.8 Å². The average molecular weight is 428 g/mol. The van der Waals surface area contributed by atoms with Gasteiger partial charge in [0.2, 0.25) is 0 Å². The maximum absolute atomic E-state index is 13.3. The summed E-state index contributed by atoms with van der Waals surface area (Å²) in [6.07, 6.45) is 2.26. The highest BCUT2D eigenvalue weighted by atomic mass is 16.2. The van der Waals surface area contributed by atoms with Crippen molar-refractivity contribution in [2.75, 3.05) is 20.6 Å². The van der Waals surface area contributed by atoms with Gasteiger partial charge in [-0.25, -0.2) is 4.98 Å². The lowest BCUT2D eigenvalue weighted by molar-refractivity contribution is 0.0726. The minimum Gasteiger partial charge on any atom is -0.345 e. The van der Waals surface area contributed by atoms with Crippen LogP contribution in [0.15, 0.2) is 54.9 Å². The number of imidazole rings is 1. The van der Waals surface area contributed by atoms with E-state index in [1.807, 2.05) is 47.1 Å². The molecule has 0 saturated carbocycles. The number of hydrogen-bond acceptors (Lipinski definition) is 4. The Morgan fingerprint density at radius 1 is 1.12 bits per heavy atom. The number of amides is 2. The minimum absolute atomic E-state index is 0.0637. The predicted octanol–water partition coefficient (Wildman–Crippen LogP) is 2.71. The van der Waals surface area contributed by atoms with Crippen LogP contribution < -0.4 is 0 Å². The van der Waals surface area contributed by atoms with E-state index >= 15 is 0 Å². The number of carbonyl (C=O) groups excluding carboxylic acids is 2. The van der Waals surface area contributed by atoms with Gasteiger partial charge < -0.3 is 14.8 Å². The van der Waals surface area contributed by atoms with E-state index in [1.54, 1.807) is 31.4 Å². The van der Waals surface area contributed by atoms with Crippen molar-refractivity contribution in [3.05, 3.63) is 82.9 Å². The number of benzene rings is 2. The maximum atomic E-state index is 13.3. The largest absolute Gasteiger partial charge is 0.345 e. The van der Waals surface area contributed by atoms with Crippen LogP contribution in [0.25, 0.3) is 11.0 Å². The molecular weight excluding hydrogens is 404 g/mol. The molecule has 0 spiro atoms. The van der Waals surface area contributed by atoms with Gasteiger partial charge in [-0.1, -0.05) is 30.3 Å². The summed E-state index contributed by atoms with van der Waals surface area (Å²) in [7, 11) is 3.44. The molecule has 8 nitrogen and oxygen atoms in total. The number of aromatic amines is 1. The fraction of sp³-hybridized carbons (Fsp3) is 0.250. The molecule has 2 amide bonds. The number of rotatable bonds is 4. The Hall–Kier alpha value is -3.94. The van der Waals surface area contributed by atoms with Crippen molar-refractivity contribution in [1.29, 1.82) is 0 Å². The Bertz CT molecular complexity index is 1300. The molecular formula is C24H24N6O2. The second kappa shape index (κ2) is 7.96. The van der Waals surface area contributed by atoms with Gasteiger partial charge in [0.05, 0.1) is 30.5 Å². The third kappa shape index (κ3) is 3.53. The van der Waals surface area contributed by atoms with Crippen LogP contribution in [0.1, 0.15) is 37.7 Å². The zero-order chi connectivity index (χ0) is 22.2. The van der Waals surface area contributed by atoms with Crippen molar-refractivity contribution in [2.24, 2.45) is 0 Å². The molecule has 2 aromatic carbocycles. The third-order valence-corrected chi connectivity index (χ3v) is 5.87. The number of nitrogens with zero attached hydrogens (tertiary/aromatic N) is 5. The molecule has 0 aliphatic carbocycles. The molecule has 5 rings (SSSR count). The van der Waals surface area contributed by atoms with Crippen LogP contribution >= 0.6 is 0 Å². The van der Waals surface area contributed by atoms with Gasteiger partial charge in [-0.05, 0) is 23.8 Å². The molecule has 0 atom stereocenters. The van der Waals surface area contributed by atoms with E-state index in [4.69, 9.17) is 0 Å². The molecule has 0 radical (unpaired) electrons. The van der Waals surface area contributed by atoms with Gasteiger partial charge in [0.15, 0.2) is 5.69 Å². The van der Waals surface area contributed by atoms with Crippen LogP contribution in [0.4, 0.5) is 0 Å². The molecule has 4 aromatic rings. The average Bonchev–Trinajstić information content (AvgIpc) is 3.42. The van der Waals surface area contributed by atoms with E-state index in [0.29, 0.717) is 37.3 Å². The van der Waals surface area contributed by atoms with Crippen LogP contribution in [0.2, 0.25) is 0 Å². The molecule has 1 aliphatic rings. The van der Waals surface area contributed by atoms with E-state index in [0.717, 1.165) is 27.9 Å². The maximum Gasteiger partial charge on any atom is 0.274 e. The quantitative estimate of drug-likeness (QED) is 0.541. The third-order valence-electron chi connectivity index (χ3n) is 5.87. The molecule has 1 aliphatic heterocycles. The van der Waals surface area contributed by atoms with Gasteiger partial charge in [0, 0.05) is 43.9 Å². The second-order valence-electron chi connectivity index (χ2n) is 8.23. The minimum atomic E-state index is -0.152. The van der Waals surface area contributed by atoms with Crippen molar-refractivity contribution in [3.63, 3.8) is 0 Å². The second-order valence-corrected chi connectivity index (χ2v) is 8.23. The highest BCUT2D eigenvalue weighted by Gasteiger charge is 2.31. The molecule has 8 heteroatoms. The van der Waals surface area contributed by atoms with E-state index in [2.05, 4.69) is 15.1 Å². The van der Waals surface area contributed by atoms with Gasteiger partial charge in [-0.2, -0.15) is 5.10 Å². The fourth-order valence-electron chi connectivity index (χ4n) is 4.19. The lowest BCUT2D eigenvalue weighted by Crippen LogP contribution is -2.37. The van der Waals surface area contributed by atoms with Gasteiger partial charge in [-0.15, -0.1) is 0 Å². The standard InChI is InChI=1S/C24H24N6O2/c1-28(2)24(32)22-18-14-29(23(31)17-8-9-19-20(12-17)26-15-25-19)11-10-21(18)30(27-22)13-16-6-4-3-5-7-16/h3-9,12,15H,10-11,13-14H2,1-2H3,(H,25,26). The first-order chi connectivity index (χ1) is 15.5. The zero-order valence-corrected chi connectivity index (χ0v) is 18.1. The van der Waals surface area contributed by atoms with Crippen LogP contribution in [-0.4, -0.2) is 62.0 Å². The Morgan fingerprint density at radius 2 is 1.94 bits per heavy atom. The number of H-pyrrole nitrogens is 1. The van der Waals surface area contributed by atoms with Crippen LogP contribution in [0.3, 0.4) is 0 Å². The molecule has 0 saturated heterocycles. The summed E-state index contributed by atoms with van der Waals surface area (Å²) in [5.74, 6) is -0.215. The summed E-state index contributed by atoms with van der Waals surface area (Å²) < 4.78 is 1.92. The van der Waals surface area contributed by atoms with Crippen molar-refractivity contribution < 1.29 is 9.59 Å². The highest BCUT2D eigenvalue weighted by Crippen LogP contribution is 2.26. The zero-order valence-electron chi connectivity index (χ0n) is 18.1. The molecule has 3 heterocycles. The normalized spacial score (nSPS) is 13.2. The van der Waals surface area contributed by atoms with Crippen molar-refractivity contribution in [2.45, 2.75) is 19.5 Å². The molecule has 1 N–H and O–H groups in total. The van der Waals surface area contributed by atoms with E-state index in [9.17, 15) is 9.59 Å². The first kappa shape index (κ1) is 20.0. The van der Waals surface area contributed by atoms with Gasteiger partial charge in [-0.3, -0.25) is 14.3 Å². The van der Waals surface area contributed by atoms with Crippen molar-refractivity contribution in [3.8, 4) is 0 Å². The van der Waals surface area contributed by atoms with Crippen LogP contribution in [0, 0.1) is 0 Å². The molecule has 162 valence electrons. The van der Waals surface area contributed by atoms with Gasteiger partial charge in [0.25, 0.3) is 11.8 Å². The fourth-order valence-corrected chi connectivity index (χ4v) is 4.19. The number of fused-ring (bicyclic) bond motifs is 2. The highest BCUT2D eigenvalue weighted by molar-refractivity contribution is 5.98. The monoisotopic (exact) mass is 428 g/mol. The molecule has 0 unspecified atom stereocenters. The Balaban J connectivity index is 1.47. The number of aromatic nitrogens is 4. The summed E-state index contributed by atoms with van der Waals surface area (Å²) in [6.45, 7) is 1.52. The summed E-state index contributed by atoms with van der Waals surface area (Å²) in [6, 6.07) is 15.5. The Kier molecular flexibility index (Phi) is 4.97. The predicted molar refractivity (Wildman–Crippen MR) is 120 cm³/mol. The SMILES string of the molecule is CN(C)C(=O)c1nn(Cc2ccccc2)c2c1CN(C(=O)c1ccc3nc[nH]c3c1)CC2. The lowest BCUT2D eigenvalue weighted by atomic mass is 10.0. The topological polar surface area (TPSA) is 87.1 Å². The molecule has 2 aromatic heterocycles. The molecule has 32 heavy (non-hydrogen) atoms. The number of hydrogen-bond donors (Lipinski definition) is 1. The summed E-state index contributed by atoms with van der Waals surface area (Å²) in [5, 5.41) is 4.68. The van der Waals surface area contributed by atoms with Crippen molar-refractivity contribution in [1.82, 2.24) is 29.5 Å². The lowest BCUT2D eigenvalue weighted by Gasteiger charge is -2.28. The molecule has 0 fully saturated rings. The van der Waals surface area contributed by atoms with Gasteiger partial charge in [0.1, 0.15) is 0 Å². The van der Waals surface area contributed by atoms with E-state index in [1.165, 1.54) is 4.90 Å². The Labute approximate surface area is 185 Å². The van der Waals surface area contributed by atoms with E-state index < -0.39 is 0 Å². The summed E-state index contributed by atoms with van der Waals surface area (Å²) >= 11 is 0. The van der Waals surface area contributed by atoms with E-state index in [-0.39, 0.29) is 11.8 Å². The number of carbonyl (C=O) groups is 2. The van der Waals surface area contributed by atoms with Gasteiger partial charge >= 0.3 is 0 Å².